The molecule has 1 aromatic rings. The number of anilines is 1. The molecule has 0 spiro atoms. The van der Waals surface area contributed by atoms with Crippen molar-refractivity contribution in [3.63, 3.8) is 0 Å². The van der Waals surface area contributed by atoms with E-state index in [4.69, 9.17) is 11.6 Å². The first kappa shape index (κ1) is 12.9. The molecule has 3 fully saturated rings. The molecule has 4 aliphatic carbocycles. The van der Waals surface area contributed by atoms with E-state index in [0.717, 1.165) is 5.56 Å². The van der Waals surface area contributed by atoms with Gasteiger partial charge in [0.2, 0.25) is 11.8 Å². The van der Waals surface area contributed by atoms with Gasteiger partial charge in [-0.15, -0.1) is 0 Å². The summed E-state index contributed by atoms with van der Waals surface area (Å²) >= 11 is 6.18. The molecule has 1 aromatic carbocycles. The third kappa shape index (κ3) is 1.43. The second-order valence-electron chi connectivity index (χ2n) is 7.10. The summed E-state index contributed by atoms with van der Waals surface area (Å²) in [6.07, 6.45) is 5.57. The summed E-state index contributed by atoms with van der Waals surface area (Å²) in [5.74, 6) is 1.45. The van der Waals surface area contributed by atoms with Crippen molar-refractivity contribution in [2.24, 2.45) is 35.5 Å². The minimum absolute atomic E-state index is 0.0281. The van der Waals surface area contributed by atoms with E-state index >= 15 is 0 Å². The van der Waals surface area contributed by atoms with Crippen molar-refractivity contribution >= 4 is 29.1 Å². The fourth-order valence-electron chi connectivity index (χ4n) is 4.93. The lowest BCUT2D eigenvalue weighted by Gasteiger charge is -2.37. The zero-order valence-electron chi connectivity index (χ0n) is 12.2. The maximum atomic E-state index is 12.9. The number of halogens is 1. The first-order valence-electron chi connectivity index (χ1n) is 7.90. The van der Waals surface area contributed by atoms with Gasteiger partial charge >= 0.3 is 0 Å². The third-order valence-corrected chi connectivity index (χ3v) is 6.48. The van der Waals surface area contributed by atoms with Crippen LogP contribution in [0.25, 0.3) is 0 Å². The van der Waals surface area contributed by atoms with Crippen LogP contribution in [0.5, 0.6) is 0 Å². The van der Waals surface area contributed by atoms with Gasteiger partial charge in [0.15, 0.2) is 0 Å². The first-order valence-corrected chi connectivity index (χ1v) is 8.28. The number of amides is 2. The number of hydrogen-bond donors (Lipinski definition) is 0. The van der Waals surface area contributed by atoms with E-state index in [0.29, 0.717) is 22.5 Å². The van der Waals surface area contributed by atoms with E-state index in [1.807, 2.05) is 19.1 Å². The predicted molar refractivity (Wildman–Crippen MR) is 83.4 cm³/mol. The van der Waals surface area contributed by atoms with E-state index < -0.39 is 0 Å². The molecule has 0 N–H and O–H groups in total. The Morgan fingerprint density at radius 3 is 2.18 bits per heavy atom. The Kier molecular flexibility index (Phi) is 2.35. The monoisotopic (exact) mass is 313 g/mol. The van der Waals surface area contributed by atoms with Crippen LogP contribution in [0.3, 0.4) is 0 Å². The zero-order valence-corrected chi connectivity index (χ0v) is 13.0. The predicted octanol–water partition coefficient (Wildman–Crippen LogP) is 3.21. The molecule has 0 aromatic heterocycles. The number of aryl methyl sites for hydroxylation is 1. The fraction of sp³-hybridized carbons (Fsp3) is 0.444. The molecule has 5 aliphatic rings. The van der Waals surface area contributed by atoms with Crippen LogP contribution in [-0.4, -0.2) is 11.8 Å². The Hall–Kier alpha value is -1.61. The van der Waals surface area contributed by atoms with Crippen molar-refractivity contribution < 1.29 is 9.59 Å². The highest BCUT2D eigenvalue weighted by Crippen LogP contribution is 2.65. The number of imide groups is 1. The van der Waals surface area contributed by atoms with Crippen LogP contribution in [0.1, 0.15) is 12.0 Å². The molecule has 1 aliphatic heterocycles. The molecular formula is C18H16ClNO2. The molecular weight excluding hydrogens is 298 g/mol. The Balaban J connectivity index is 1.58. The fourth-order valence-corrected chi connectivity index (χ4v) is 5.11. The van der Waals surface area contributed by atoms with Gasteiger partial charge in [0.05, 0.1) is 17.5 Å². The number of rotatable bonds is 1. The number of carbonyl (C=O) groups is 2. The first-order chi connectivity index (χ1) is 10.6. The summed E-state index contributed by atoms with van der Waals surface area (Å²) in [4.78, 5) is 27.2. The average molecular weight is 314 g/mol. The van der Waals surface area contributed by atoms with Crippen LogP contribution in [0.2, 0.25) is 5.02 Å². The van der Waals surface area contributed by atoms with Crippen LogP contribution in [0, 0.1) is 42.4 Å². The highest BCUT2D eigenvalue weighted by molar-refractivity contribution is 6.32. The van der Waals surface area contributed by atoms with Gasteiger partial charge < -0.3 is 0 Å². The van der Waals surface area contributed by atoms with E-state index in [-0.39, 0.29) is 35.5 Å². The summed E-state index contributed by atoms with van der Waals surface area (Å²) < 4.78 is 0. The Morgan fingerprint density at radius 1 is 1.05 bits per heavy atom. The van der Waals surface area contributed by atoms with Gasteiger partial charge in [-0.2, -0.15) is 0 Å². The quantitative estimate of drug-likeness (QED) is 0.590. The van der Waals surface area contributed by atoms with Crippen LogP contribution in [-0.2, 0) is 9.59 Å². The van der Waals surface area contributed by atoms with Crippen LogP contribution in [0.15, 0.2) is 30.4 Å². The van der Waals surface area contributed by atoms with Crippen LogP contribution in [0.4, 0.5) is 5.69 Å². The lowest BCUT2D eigenvalue weighted by molar-refractivity contribution is -0.124. The highest BCUT2D eigenvalue weighted by Gasteiger charge is 2.67. The average Bonchev–Trinajstić information content (AvgIpc) is 3.28. The van der Waals surface area contributed by atoms with Gasteiger partial charge in [-0.25, -0.2) is 4.90 Å². The molecule has 6 rings (SSSR count). The van der Waals surface area contributed by atoms with Crippen molar-refractivity contribution in [2.45, 2.75) is 13.3 Å². The Labute approximate surface area is 133 Å². The van der Waals surface area contributed by atoms with E-state index in [1.165, 1.54) is 11.3 Å². The van der Waals surface area contributed by atoms with Gasteiger partial charge in [0, 0.05) is 5.02 Å². The normalized spacial score (nSPS) is 40.9. The number of nitrogens with zero attached hydrogens (tertiary/aromatic N) is 1. The molecule has 0 radical (unpaired) electrons. The Morgan fingerprint density at radius 2 is 1.64 bits per heavy atom. The second kappa shape index (κ2) is 4.02. The van der Waals surface area contributed by atoms with Crippen molar-refractivity contribution in [1.82, 2.24) is 0 Å². The van der Waals surface area contributed by atoms with E-state index in [9.17, 15) is 9.59 Å². The summed E-state index contributed by atoms with van der Waals surface area (Å²) in [5.41, 5.74) is 1.57. The van der Waals surface area contributed by atoms with E-state index in [1.54, 1.807) is 6.07 Å². The van der Waals surface area contributed by atoms with Crippen LogP contribution >= 0.6 is 11.6 Å². The SMILES string of the molecule is Cc1ccc(N2C(=O)[C@@H]3[C@H]4C=C[C@@H]([C@@H]5C[C@H]45)[C@@H]3C2=O)cc1Cl. The number of hydrogen-bond acceptors (Lipinski definition) is 2. The number of benzene rings is 1. The topological polar surface area (TPSA) is 37.4 Å². The largest absolute Gasteiger partial charge is 0.274 e. The summed E-state index contributed by atoms with van der Waals surface area (Å²) in [6.45, 7) is 1.91. The van der Waals surface area contributed by atoms with E-state index in [2.05, 4.69) is 12.2 Å². The molecule has 2 amide bonds. The summed E-state index contributed by atoms with van der Waals surface area (Å²) in [7, 11) is 0. The lowest BCUT2D eigenvalue weighted by atomic mass is 9.63. The molecule has 6 atom stereocenters. The van der Waals surface area contributed by atoms with Crippen molar-refractivity contribution in [2.75, 3.05) is 4.90 Å². The highest BCUT2D eigenvalue weighted by atomic mass is 35.5. The molecule has 2 saturated carbocycles. The number of carbonyl (C=O) groups excluding carboxylic acids is 2. The smallest absolute Gasteiger partial charge is 0.238 e. The summed E-state index contributed by atoms with van der Waals surface area (Å²) in [6, 6.07) is 5.43. The third-order valence-electron chi connectivity index (χ3n) is 6.08. The van der Waals surface area contributed by atoms with Crippen molar-refractivity contribution in [1.29, 1.82) is 0 Å². The van der Waals surface area contributed by atoms with Crippen molar-refractivity contribution in [3.05, 3.63) is 40.9 Å². The number of allylic oxidation sites excluding steroid dienone is 2. The molecule has 4 heteroatoms. The van der Waals surface area contributed by atoms with Gasteiger partial charge in [0.1, 0.15) is 0 Å². The minimum Gasteiger partial charge on any atom is -0.274 e. The maximum Gasteiger partial charge on any atom is 0.238 e. The molecule has 22 heavy (non-hydrogen) atoms. The molecule has 1 saturated heterocycles. The molecule has 112 valence electrons. The van der Waals surface area contributed by atoms with Gasteiger partial charge in [-0.05, 0) is 54.7 Å². The summed E-state index contributed by atoms with van der Waals surface area (Å²) in [5, 5.41) is 0.594. The second-order valence-corrected chi connectivity index (χ2v) is 7.51. The van der Waals surface area contributed by atoms with Crippen molar-refractivity contribution in [3.8, 4) is 0 Å². The molecule has 1 heterocycles. The molecule has 2 bridgehead atoms. The lowest BCUT2D eigenvalue weighted by Crippen LogP contribution is -2.40. The zero-order chi connectivity index (χ0) is 15.2. The van der Waals surface area contributed by atoms with Gasteiger partial charge in [-0.1, -0.05) is 29.8 Å². The maximum absolute atomic E-state index is 12.9. The van der Waals surface area contributed by atoms with Gasteiger partial charge in [0.25, 0.3) is 0 Å². The minimum atomic E-state index is -0.147. The molecule has 0 unspecified atom stereocenters. The van der Waals surface area contributed by atoms with Gasteiger partial charge in [-0.3, -0.25) is 9.59 Å². The Bertz CT molecular complexity index is 719. The standard InChI is InChI=1S/C18H16ClNO2/c1-8-2-3-9(6-14(8)19)20-17(21)15-10-4-5-11(13-7-12(10)13)16(15)18(20)22/h2-6,10-13,15-16H,7H2,1H3/t10-,11-,12-,13+,15-,16+/m0/s1. The molecule has 3 nitrogen and oxygen atoms in total. The van der Waals surface area contributed by atoms with Crippen LogP contribution < -0.4 is 4.90 Å².